The Labute approximate surface area is 142 Å². The number of carbonyl (C=O) groups excluding carboxylic acids is 3. The molecule has 0 atom stereocenters. The molecule has 0 spiro atoms. The summed E-state index contributed by atoms with van der Waals surface area (Å²) in [5.74, 6) is -2.69. The van der Waals surface area contributed by atoms with E-state index in [0.717, 1.165) is 18.3 Å². The van der Waals surface area contributed by atoms with Crippen LogP contribution in [0.4, 0.5) is 13.2 Å². The number of benzene rings is 1. The van der Waals surface area contributed by atoms with E-state index in [-0.39, 0.29) is 21.7 Å². The van der Waals surface area contributed by atoms with Gasteiger partial charge in [0.15, 0.2) is 0 Å². The summed E-state index contributed by atoms with van der Waals surface area (Å²) in [7, 11) is 0. The van der Waals surface area contributed by atoms with Crippen LogP contribution in [0.5, 0.6) is 0 Å². The van der Waals surface area contributed by atoms with Gasteiger partial charge >= 0.3 is 11.5 Å². The SMILES string of the molecule is O=C(ON1C(=O)c2ccccc2C1=O)c1ccc(SC(F)(F)F)nc1. The van der Waals surface area contributed by atoms with Gasteiger partial charge in [-0.2, -0.15) is 13.2 Å². The molecule has 1 aromatic heterocycles. The van der Waals surface area contributed by atoms with Crippen molar-refractivity contribution in [1.82, 2.24) is 10.0 Å². The van der Waals surface area contributed by atoms with Crippen molar-refractivity contribution < 1.29 is 32.4 Å². The molecule has 0 unspecified atom stereocenters. The van der Waals surface area contributed by atoms with Gasteiger partial charge in [0, 0.05) is 18.0 Å². The van der Waals surface area contributed by atoms with Crippen molar-refractivity contribution >= 4 is 29.5 Å². The third-order valence-electron chi connectivity index (χ3n) is 3.12. The van der Waals surface area contributed by atoms with Crippen molar-refractivity contribution in [2.24, 2.45) is 0 Å². The Morgan fingerprint density at radius 1 is 1.04 bits per heavy atom. The molecule has 2 amide bonds. The standard InChI is InChI=1S/C15H7F3N2O4S/c16-15(17,18)25-11-6-5-8(7-19-11)14(23)24-20-12(21)9-3-1-2-4-10(9)13(20)22/h1-7H. The summed E-state index contributed by atoms with van der Waals surface area (Å²) in [6, 6.07) is 7.97. The van der Waals surface area contributed by atoms with Crippen molar-refractivity contribution in [3.63, 3.8) is 0 Å². The predicted molar refractivity (Wildman–Crippen MR) is 78.5 cm³/mol. The number of fused-ring (bicyclic) bond motifs is 1. The Hall–Kier alpha value is -2.88. The maximum Gasteiger partial charge on any atom is 0.447 e. The summed E-state index contributed by atoms with van der Waals surface area (Å²) < 4.78 is 36.7. The van der Waals surface area contributed by atoms with E-state index in [4.69, 9.17) is 4.84 Å². The summed E-state index contributed by atoms with van der Waals surface area (Å²) in [5.41, 5.74) is -4.52. The van der Waals surface area contributed by atoms with Crippen LogP contribution in [-0.2, 0) is 4.84 Å². The number of pyridine rings is 1. The number of hydrogen-bond donors (Lipinski definition) is 0. The highest BCUT2D eigenvalue weighted by molar-refractivity contribution is 8.00. The molecule has 0 saturated carbocycles. The molecule has 1 aliphatic heterocycles. The summed E-state index contributed by atoms with van der Waals surface area (Å²) >= 11 is -0.435. The molecule has 128 valence electrons. The molecule has 0 bridgehead atoms. The lowest BCUT2D eigenvalue weighted by atomic mass is 10.1. The number of hydroxylamine groups is 2. The average molecular weight is 368 g/mol. The quantitative estimate of drug-likeness (QED) is 0.612. The van der Waals surface area contributed by atoms with Crippen LogP contribution in [0.25, 0.3) is 0 Å². The number of imide groups is 1. The van der Waals surface area contributed by atoms with Crippen LogP contribution in [0.2, 0.25) is 0 Å². The van der Waals surface area contributed by atoms with Gasteiger partial charge in [-0.05, 0) is 24.3 Å². The number of hydrogen-bond acceptors (Lipinski definition) is 6. The van der Waals surface area contributed by atoms with Crippen molar-refractivity contribution in [2.75, 3.05) is 0 Å². The average Bonchev–Trinajstić information content (AvgIpc) is 2.79. The second-order valence-electron chi connectivity index (χ2n) is 4.76. The minimum absolute atomic E-state index is 0.0929. The van der Waals surface area contributed by atoms with E-state index in [9.17, 15) is 27.6 Å². The Kier molecular flexibility index (Phi) is 4.21. The minimum atomic E-state index is -4.50. The van der Waals surface area contributed by atoms with E-state index in [1.165, 1.54) is 12.1 Å². The van der Waals surface area contributed by atoms with Crippen molar-refractivity contribution in [3.8, 4) is 0 Å². The summed E-state index contributed by atoms with van der Waals surface area (Å²) in [6.07, 6.45) is 0.870. The Bertz CT molecular complexity index is 833. The van der Waals surface area contributed by atoms with Gasteiger partial charge in [-0.3, -0.25) is 9.59 Å². The lowest BCUT2D eigenvalue weighted by Crippen LogP contribution is -2.32. The zero-order chi connectivity index (χ0) is 18.2. The molecule has 0 saturated heterocycles. The highest BCUT2D eigenvalue weighted by atomic mass is 32.2. The predicted octanol–water partition coefficient (Wildman–Crippen LogP) is 3.06. The van der Waals surface area contributed by atoms with Gasteiger partial charge in [-0.15, -0.1) is 0 Å². The fourth-order valence-corrected chi connectivity index (χ4v) is 2.54. The molecule has 10 heteroatoms. The highest BCUT2D eigenvalue weighted by Crippen LogP contribution is 2.35. The molecule has 25 heavy (non-hydrogen) atoms. The van der Waals surface area contributed by atoms with Gasteiger partial charge in [-0.1, -0.05) is 17.2 Å². The Morgan fingerprint density at radius 2 is 1.64 bits per heavy atom. The number of alkyl halides is 3. The molecule has 0 aliphatic carbocycles. The number of nitrogens with zero attached hydrogens (tertiary/aromatic N) is 2. The zero-order valence-corrected chi connectivity index (χ0v) is 12.9. The first-order chi connectivity index (χ1) is 11.8. The van der Waals surface area contributed by atoms with Crippen LogP contribution >= 0.6 is 11.8 Å². The van der Waals surface area contributed by atoms with Crippen LogP contribution in [0.15, 0.2) is 47.6 Å². The lowest BCUT2D eigenvalue weighted by Gasteiger charge is -2.12. The minimum Gasteiger partial charge on any atom is -0.324 e. The third kappa shape index (κ3) is 3.48. The molecular formula is C15H7F3N2O4S. The van der Waals surface area contributed by atoms with E-state index in [1.54, 1.807) is 12.1 Å². The monoisotopic (exact) mass is 368 g/mol. The first-order valence-electron chi connectivity index (χ1n) is 6.68. The molecule has 3 rings (SSSR count). The zero-order valence-electron chi connectivity index (χ0n) is 12.1. The van der Waals surface area contributed by atoms with Crippen LogP contribution in [0, 0.1) is 0 Å². The number of rotatable bonds is 3. The van der Waals surface area contributed by atoms with Gasteiger partial charge in [-0.25, -0.2) is 9.78 Å². The van der Waals surface area contributed by atoms with Gasteiger partial charge in [0.25, 0.3) is 11.8 Å². The smallest absolute Gasteiger partial charge is 0.324 e. The van der Waals surface area contributed by atoms with Crippen LogP contribution in [0.3, 0.4) is 0 Å². The number of halogens is 3. The summed E-state index contributed by atoms with van der Waals surface area (Å²) in [4.78, 5) is 44.4. The van der Waals surface area contributed by atoms with Crippen LogP contribution in [-0.4, -0.2) is 33.3 Å². The summed E-state index contributed by atoms with van der Waals surface area (Å²) in [5, 5.41) is -0.0458. The number of amides is 2. The molecule has 6 nitrogen and oxygen atoms in total. The second-order valence-corrected chi connectivity index (χ2v) is 5.85. The largest absolute Gasteiger partial charge is 0.447 e. The molecule has 0 N–H and O–H groups in total. The normalized spacial score (nSPS) is 13.8. The molecular weight excluding hydrogens is 361 g/mol. The van der Waals surface area contributed by atoms with Crippen molar-refractivity contribution in [1.29, 1.82) is 0 Å². The highest BCUT2D eigenvalue weighted by Gasteiger charge is 2.38. The van der Waals surface area contributed by atoms with Gasteiger partial charge < -0.3 is 4.84 Å². The Morgan fingerprint density at radius 3 is 2.12 bits per heavy atom. The first-order valence-corrected chi connectivity index (χ1v) is 7.50. The molecule has 1 aliphatic rings. The van der Waals surface area contributed by atoms with Gasteiger partial charge in [0.2, 0.25) is 0 Å². The number of aromatic nitrogens is 1. The van der Waals surface area contributed by atoms with E-state index in [1.807, 2.05) is 0 Å². The number of carbonyl (C=O) groups is 3. The van der Waals surface area contributed by atoms with E-state index in [2.05, 4.69) is 4.98 Å². The van der Waals surface area contributed by atoms with Gasteiger partial charge in [0.05, 0.1) is 16.7 Å². The molecule has 1 aromatic carbocycles. The van der Waals surface area contributed by atoms with Crippen LogP contribution in [0.1, 0.15) is 31.1 Å². The molecule has 2 heterocycles. The van der Waals surface area contributed by atoms with Gasteiger partial charge in [0.1, 0.15) is 5.03 Å². The topological polar surface area (TPSA) is 76.6 Å². The fraction of sp³-hybridized carbons (Fsp3) is 0.0667. The number of thioether (sulfide) groups is 1. The Balaban J connectivity index is 1.73. The van der Waals surface area contributed by atoms with E-state index >= 15 is 0 Å². The van der Waals surface area contributed by atoms with E-state index < -0.39 is 35.1 Å². The first kappa shape index (κ1) is 17.0. The summed E-state index contributed by atoms with van der Waals surface area (Å²) in [6.45, 7) is 0. The van der Waals surface area contributed by atoms with Crippen LogP contribution < -0.4 is 0 Å². The molecule has 0 fully saturated rings. The maximum absolute atomic E-state index is 12.2. The maximum atomic E-state index is 12.2. The third-order valence-corrected chi connectivity index (χ3v) is 3.81. The van der Waals surface area contributed by atoms with Crippen molar-refractivity contribution in [3.05, 3.63) is 59.3 Å². The second kappa shape index (κ2) is 6.20. The molecule has 0 radical (unpaired) electrons. The lowest BCUT2D eigenvalue weighted by molar-refractivity contribution is -0.0584. The fourth-order valence-electron chi connectivity index (χ4n) is 2.07. The van der Waals surface area contributed by atoms with E-state index in [0.29, 0.717) is 5.06 Å². The van der Waals surface area contributed by atoms with Crippen molar-refractivity contribution in [2.45, 2.75) is 10.5 Å². The molecule has 2 aromatic rings.